The highest BCUT2D eigenvalue weighted by atomic mass is 19.4. The van der Waals surface area contributed by atoms with Crippen LogP contribution in [0.2, 0.25) is 0 Å². The van der Waals surface area contributed by atoms with Crippen molar-refractivity contribution in [3.63, 3.8) is 0 Å². The molecular formula is C18H17F3N4O2. The number of fused-ring (bicyclic) bond motifs is 1. The van der Waals surface area contributed by atoms with E-state index < -0.39 is 12.3 Å². The molecule has 1 aromatic heterocycles. The van der Waals surface area contributed by atoms with Gasteiger partial charge in [0.05, 0.1) is 11.5 Å². The number of aromatic nitrogens is 2. The molecule has 2 aromatic rings. The Morgan fingerprint density at radius 1 is 1.22 bits per heavy atom. The summed E-state index contributed by atoms with van der Waals surface area (Å²) >= 11 is 0. The molecule has 2 heterocycles. The summed E-state index contributed by atoms with van der Waals surface area (Å²) < 4.78 is 46.5. The van der Waals surface area contributed by atoms with E-state index in [2.05, 4.69) is 14.9 Å². The van der Waals surface area contributed by atoms with Crippen molar-refractivity contribution in [3.05, 3.63) is 52.5 Å². The minimum Gasteiger partial charge on any atom is -0.420 e. The molecule has 1 aliphatic heterocycles. The van der Waals surface area contributed by atoms with Gasteiger partial charge in [0.2, 0.25) is 11.8 Å². The number of nitriles is 1. The van der Waals surface area contributed by atoms with E-state index in [0.717, 1.165) is 5.69 Å². The van der Waals surface area contributed by atoms with Gasteiger partial charge < -0.3 is 15.2 Å². The number of benzene rings is 1. The number of hydrogen-bond donors (Lipinski definition) is 2. The van der Waals surface area contributed by atoms with Crippen molar-refractivity contribution in [1.29, 1.82) is 5.26 Å². The van der Waals surface area contributed by atoms with Crippen molar-refractivity contribution in [2.75, 3.05) is 0 Å². The number of allylic oxidation sites excluding steroid dienone is 1. The van der Waals surface area contributed by atoms with Crippen LogP contribution in [0.4, 0.5) is 13.2 Å². The second kappa shape index (κ2) is 6.23. The highest BCUT2D eigenvalue weighted by molar-refractivity contribution is 5.56. The Hall–Kier alpha value is -3.15. The second-order valence-corrected chi connectivity index (χ2v) is 7.11. The molecular weight excluding hydrogens is 361 g/mol. The Morgan fingerprint density at radius 2 is 1.85 bits per heavy atom. The zero-order chi connectivity index (χ0) is 20.0. The first-order chi connectivity index (χ1) is 12.5. The van der Waals surface area contributed by atoms with Crippen LogP contribution >= 0.6 is 0 Å². The fourth-order valence-corrected chi connectivity index (χ4v) is 3.01. The highest BCUT2D eigenvalue weighted by Gasteiger charge is 2.38. The molecule has 0 radical (unpaired) electrons. The Morgan fingerprint density at radius 3 is 2.37 bits per heavy atom. The summed E-state index contributed by atoms with van der Waals surface area (Å²) in [4.78, 5) is 0. The molecule has 1 aromatic carbocycles. The van der Waals surface area contributed by atoms with E-state index in [1.54, 1.807) is 0 Å². The minimum atomic E-state index is -4.78. The van der Waals surface area contributed by atoms with Gasteiger partial charge in [-0.05, 0) is 17.7 Å². The SMILES string of the molecule is CC(C)(C)c1[nH]nc2c1C(c1ccc(OC(F)(F)F)cc1)C(C#N)=C(N)O2. The molecule has 9 heteroatoms. The number of aromatic amines is 1. The van der Waals surface area contributed by atoms with Crippen LogP contribution in [0, 0.1) is 11.3 Å². The monoisotopic (exact) mass is 378 g/mol. The van der Waals surface area contributed by atoms with E-state index in [0.29, 0.717) is 11.1 Å². The van der Waals surface area contributed by atoms with Gasteiger partial charge in [0.15, 0.2) is 0 Å². The summed E-state index contributed by atoms with van der Waals surface area (Å²) in [5.41, 5.74) is 7.65. The van der Waals surface area contributed by atoms with Crippen molar-refractivity contribution in [1.82, 2.24) is 10.2 Å². The molecule has 27 heavy (non-hydrogen) atoms. The second-order valence-electron chi connectivity index (χ2n) is 7.11. The normalized spacial score (nSPS) is 17.1. The Bertz CT molecular complexity index is 931. The lowest BCUT2D eigenvalue weighted by molar-refractivity contribution is -0.274. The predicted molar refractivity (Wildman–Crippen MR) is 89.7 cm³/mol. The van der Waals surface area contributed by atoms with Crippen LogP contribution in [0.3, 0.4) is 0 Å². The van der Waals surface area contributed by atoms with Crippen LogP contribution in [0.5, 0.6) is 11.6 Å². The summed E-state index contributed by atoms with van der Waals surface area (Å²) in [6.07, 6.45) is -4.78. The van der Waals surface area contributed by atoms with Crippen molar-refractivity contribution >= 4 is 0 Å². The van der Waals surface area contributed by atoms with Gasteiger partial charge in [-0.3, -0.25) is 5.10 Å². The van der Waals surface area contributed by atoms with Gasteiger partial charge in [-0.25, -0.2) is 0 Å². The van der Waals surface area contributed by atoms with Crippen molar-refractivity contribution in [2.45, 2.75) is 38.5 Å². The van der Waals surface area contributed by atoms with Gasteiger partial charge in [0, 0.05) is 11.1 Å². The Labute approximate surface area is 153 Å². The van der Waals surface area contributed by atoms with Gasteiger partial charge >= 0.3 is 6.36 Å². The smallest absolute Gasteiger partial charge is 0.420 e. The maximum Gasteiger partial charge on any atom is 0.573 e. The van der Waals surface area contributed by atoms with Crippen LogP contribution in [-0.2, 0) is 5.41 Å². The van der Waals surface area contributed by atoms with Crippen LogP contribution < -0.4 is 15.2 Å². The lowest BCUT2D eigenvalue weighted by Crippen LogP contribution is -2.24. The Balaban J connectivity index is 2.11. The van der Waals surface area contributed by atoms with E-state index in [1.165, 1.54) is 24.3 Å². The summed E-state index contributed by atoms with van der Waals surface area (Å²) in [6.45, 7) is 5.89. The highest BCUT2D eigenvalue weighted by Crippen LogP contribution is 2.45. The quantitative estimate of drug-likeness (QED) is 0.828. The number of ether oxygens (including phenoxy) is 2. The topological polar surface area (TPSA) is 97.0 Å². The fourth-order valence-electron chi connectivity index (χ4n) is 3.01. The van der Waals surface area contributed by atoms with Crippen molar-refractivity contribution in [3.8, 4) is 17.7 Å². The van der Waals surface area contributed by atoms with Crippen molar-refractivity contribution < 1.29 is 22.6 Å². The molecule has 1 atom stereocenters. The predicted octanol–water partition coefficient (Wildman–Crippen LogP) is 3.82. The van der Waals surface area contributed by atoms with Crippen LogP contribution in [0.15, 0.2) is 35.7 Å². The molecule has 3 rings (SSSR count). The molecule has 0 bridgehead atoms. The standard InChI is InChI=1S/C18H17F3N4O2/c1-17(2,3)14-13-12(11(8-22)15(23)26-16(13)25-24-14)9-4-6-10(7-5-9)27-18(19,20)21/h4-7,12H,23H2,1-3H3,(H,24,25). The molecule has 0 saturated carbocycles. The maximum absolute atomic E-state index is 12.4. The number of halogens is 3. The van der Waals surface area contributed by atoms with Gasteiger partial charge in [-0.15, -0.1) is 18.3 Å². The number of hydrogen-bond acceptors (Lipinski definition) is 5. The minimum absolute atomic E-state index is 0.0856. The van der Waals surface area contributed by atoms with Crippen LogP contribution in [-0.4, -0.2) is 16.6 Å². The van der Waals surface area contributed by atoms with E-state index in [9.17, 15) is 18.4 Å². The van der Waals surface area contributed by atoms with Gasteiger partial charge in [-0.1, -0.05) is 32.9 Å². The third-order valence-electron chi connectivity index (χ3n) is 4.14. The lowest BCUT2D eigenvalue weighted by atomic mass is 9.79. The summed E-state index contributed by atoms with van der Waals surface area (Å²) in [7, 11) is 0. The summed E-state index contributed by atoms with van der Waals surface area (Å²) in [5.74, 6) is -0.807. The lowest BCUT2D eigenvalue weighted by Gasteiger charge is -2.27. The average Bonchev–Trinajstić information content (AvgIpc) is 2.96. The molecule has 1 unspecified atom stereocenters. The molecule has 1 aliphatic rings. The van der Waals surface area contributed by atoms with Gasteiger partial charge in [0.25, 0.3) is 0 Å². The fraction of sp³-hybridized carbons (Fsp3) is 0.333. The molecule has 0 saturated heterocycles. The number of rotatable bonds is 2. The largest absolute Gasteiger partial charge is 0.573 e. The number of nitrogens with zero attached hydrogens (tertiary/aromatic N) is 2. The zero-order valence-electron chi connectivity index (χ0n) is 14.8. The first-order valence-electron chi connectivity index (χ1n) is 8.03. The van der Waals surface area contributed by atoms with Crippen molar-refractivity contribution in [2.24, 2.45) is 5.73 Å². The number of H-pyrrole nitrogens is 1. The maximum atomic E-state index is 12.4. The Kier molecular flexibility index (Phi) is 4.30. The third-order valence-corrected chi connectivity index (χ3v) is 4.14. The summed E-state index contributed by atoms with van der Waals surface area (Å²) in [6, 6.07) is 7.36. The van der Waals surface area contributed by atoms with E-state index in [-0.39, 0.29) is 28.5 Å². The molecule has 0 aliphatic carbocycles. The number of nitrogens with one attached hydrogen (secondary N) is 1. The average molecular weight is 378 g/mol. The number of alkyl halides is 3. The summed E-state index contributed by atoms with van der Waals surface area (Å²) in [5, 5.41) is 16.6. The first kappa shape index (κ1) is 18.6. The van der Waals surface area contributed by atoms with E-state index >= 15 is 0 Å². The van der Waals surface area contributed by atoms with E-state index in [1.807, 2.05) is 26.8 Å². The third kappa shape index (κ3) is 3.56. The van der Waals surface area contributed by atoms with Crippen LogP contribution in [0.1, 0.15) is 43.5 Å². The molecule has 6 nitrogen and oxygen atoms in total. The number of nitrogens with two attached hydrogens (primary N) is 1. The molecule has 3 N–H and O–H groups in total. The molecule has 0 spiro atoms. The first-order valence-corrected chi connectivity index (χ1v) is 8.03. The molecule has 0 amide bonds. The van der Waals surface area contributed by atoms with Gasteiger partial charge in [-0.2, -0.15) is 5.26 Å². The van der Waals surface area contributed by atoms with E-state index in [4.69, 9.17) is 10.5 Å². The molecule has 142 valence electrons. The molecule has 0 fully saturated rings. The zero-order valence-corrected chi connectivity index (χ0v) is 14.8. The van der Waals surface area contributed by atoms with Gasteiger partial charge in [0.1, 0.15) is 17.4 Å². The van der Waals surface area contributed by atoms with Crippen LogP contribution in [0.25, 0.3) is 0 Å².